The molecular formula is C18H22F3NO2. The van der Waals surface area contributed by atoms with Gasteiger partial charge in [0.25, 0.3) is 5.92 Å². The predicted octanol–water partition coefficient (Wildman–Crippen LogP) is 3.42. The molecule has 2 aliphatic heterocycles. The van der Waals surface area contributed by atoms with Crippen molar-refractivity contribution in [1.82, 2.24) is 4.90 Å². The molecule has 0 saturated carbocycles. The summed E-state index contributed by atoms with van der Waals surface area (Å²) in [5, 5.41) is 0. The molecule has 24 heavy (non-hydrogen) atoms. The van der Waals surface area contributed by atoms with Gasteiger partial charge in [0.2, 0.25) is 5.91 Å². The lowest BCUT2D eigenvalue weighted by Gasteiger charge is -2.42. The van der Waals surface area contributed by atoms with Crippen molar-refractivity contribution in [1.29, 1.82) is 0 Å². The first kappa shape index (κ1) is 17.3. The second-order valence-electron chi connectivity index (χ2n) is 6.81. The molecule has 0 spiro atoms. The highest BCUT2D eigenvalue weighted by molar-refractivity contribution is 5.83. The number of hydrogen-bond acceptors (Lipinski definition) is 2. The number of rotatable bonds is 3. The van der Waals surface area contributed by atoms with Crippen LogP contribution in [0.1, 0.15) is 31.2 Å². The average molecular weight is 341 g/mol. The van der Waals surface area contributed by atoms with E-state index in [1.54, 1.807) is 18.2 Å². The lowest BCUT2D eigenvalue weighted by molar-refractivity contribution is -0.153. The molecule has 0 radical (unpaired) electrons. The Hall–Kier alpha value is -1.56. The molecule has 2 fully saturated rings. The first-order valence-corrected chi connectivity index (χ1v) is 8.40. The fourth-order valence-electron chi connectivity index (χ4n) is 3.61. The minimum absolute atomic E-state index is 0.0612. The van der Waals surface area contributed by atoms with Gasteiger partial charge in [-0.25, -0.2) is 13.2 Å². The van der Waals surface area contributed by atoms with Crippen molar-refractivity contribution in [2.24, 2.45) is 5.41 Å². The van der Waals surface area contributed by atoms with Gasteiger partial charge in [-0.3, -0.25) is 4.79 Å². The van der Waals surface area contributed by atoms with Crippen LogP contribution >= 0.6 is 0 Å². The third-order valence-electron chi connectivity index (χ3n) is 5.17. The summed E-state index contributed by atoms with van der Waals surface area (Å²) in [5.41, 5.74) is -0.261. The lowest BCUT2D eigenvalue weighted by atomic mass is 9.73. The highest BCUT2D eigenvalue weighted by Gasteiger charge is 2.45. The molecule has 2 heterocycles. The molecular weight excluding hydrogens is 319 g/mol. The van der Waals surface area contributed by atoms with E-state index in [1.165, 1.54) is 11.0 Å². The van der Waals surface area contributed by atoms with Crippen LogP contribution in [0.15, 0.2) is 24.3 Å². The Morgan fingerprint density at radius 2 is 1.71 bits per heavy atom. The second kappa shape index (κ2) is 6.75. The maximum atomic E-state index is 14.1. The zero-order valence-electron chi connectivity index (χ0n) is 13.6. The number of halogens is 3. The molecule has 0 atom stereocenters. The Labute approximate surface area is 139 Å². The van der Waals surface area contributed by atoms with Gasteiger partial charge in [0, 0.05) is 39.1 Å². The fourth-order valence-corrected chi connectivity index (χ4v) is 3.61. The SMILES string of the molecule is O=C(N1CCC(F)(F)CC1)C1(Cc2ccccc2F)CCOCC1. The number of nitrogens with zero attached hydrogens (tertiary/aromatic N) is 1. The van der Waals surface area contributed by atoms with Crippen LogP contribution in [0.3, 0.4) is 0 Å². The molecule has 1 aromatic rings. The number of carbonyl (C=O) groups excluding carboxylic acids is 1. The monoisotopic (exact) mass is 341 g/mol. The van der Waals surface area contributed by atoms with Crippen molar-refractivity contribution in [2.45, 2.75) is 38.0 Å². The molecule has 0 aliphatic carbocycles. The predicted molar refractivity (Wildman–Crippen MR) is 83.4 cm³/mol. The van der Waals surface area contributed by atoms with Gasteiger partial charge in [-0.1, -0.05) is 18.2 Å². The summed E-state index contributed by atoms with van der Waals surface area (Å²) < 4.78 is 46.2. The molecule has 3 rings (SSSR count). The molecule has 1 amide bonds. The maximum Gasteiger partial charge on any atom is 0.251 e. The van der Waals surface area contributed by atoms with Gasteiger partial charge in [0.05, 0.1) is 5.41 Å². The van der Waals surface area contributed by atoms with E-state index < -0.39 is 11.3 Å². The van der Waals surface area contributed by atoms with Crippen molar-refractivity contribution in [2.75, 3.05) is 26.3 Å². The van der Waals surface area contributed by atoms with E-state index in [4.69, 9.17) is 4.74 Å². The molecule has 6 heteroatoms. The van der Waals surface area contributed by atoms with E-state index in [2.05, 4.69) is 0 Å². The summed E-state index contributed by atoms with van der Waals surface area (Å²) in [4.78, 5) is 14.6. The number of carbonyl (C=O) groups is 1. The van der Waals surface area contributed by atoms with Crippen LogP contribution in [-0.4, -0.2) is 43.0 Å². The van der Waals surface area contributed by atoms with Gasteiger partial charge in [0.1, 0.15) is 5.82 Å². The van der Waals surface area contributed by atoms with Crippen LogP contribution in [0.2, 0.25) is 0 Å². The number of alkyl halides is 2. The number of piperidine rings is 1. The summed E-state index contributed by atoms with van der Waals surface area (Å²) in [6, 6.07) is 6.43. The van der Waals surface area contributed by atoms with Crippen molar-refractivity contribution in [3.63, 3.8) is 0 Å². The first-order chi connectivity index (χ1) is 11.4. The van der Waals surface area contributed by atoms with E-state index in [0.717, 1.165) is 0 Å². The molecule has 0 N–H and O–H groups in total. The van der Waals surface area contributed by atoms with Crippen LogP contribution < -0.4 is 0 Å². The topological polar surface area (TPSA) is 29.5 Å². The molecule has 3 nitrogen and oxygen atoms in total. The van der Waals surface area contributed by atoms with Gasteiger partial charge in [-0.2, -0.15) is 0 Å². The van der Waals surface area contributed by atoms with Crippen LogP contribution in [0.5, 0.6) is 0 Å². The molecule has 2 saturated heterocycles. The third kappa shape index (κ3) is 3.58. The minimum atomic E-state index is -2.69. The first-order valence-electron chi connectivity index (χ1n) is 8.40. The van der Waals surface area contributed by atoms with E-state index in [-0.39, 0.29) is 44.1 Å². The number of benzene rings is 1. The highest BCUT2D eigenvalue weighted by Crippen LogP contribution is 2.39. The molecule has 2 aliphatic rings. The Balaban J connectivity index is 1.81. The molecule has 0 aromatic heterocycles. The smallest absolute Gasteiger partial charge is 0.251 e. The lowest BCUT2D eigenvalue weighted by Crippen LogP contribution is -2.52. The minimum Gasteiger partial charge on any atom is -0.381 e. The highest BCUT2D eigenvalue weighted by atomic mass is 19.3. The van der Waals surface area contributed by atoms with E-state index in [9.17, 15) is 18.0 Å². The Morgan fingerprint density at radius 3 is 2.33 bits per heavy atom. The summed E-state index contributed by atoms with van der Waals surface area (Å²) in [7, 11) is 0. The molecule has 0 unspecified atom stereocenters. The summed E-state index contributed by atoms with van der Waals surface area (Å²) in [5.74, 6) is -3.16. The van der Waals surface area contributed by atoms with Gasteiger partial charge < -0.3 is 9.64 Å². The van der Waals surface area contributed by atoms with Crippen molar-refractivity contribution in [3.05, 3.63) is 35.6 Å². The fraction of sp³-hybridized carbons (Fsp3) is 0.611. The van der Waals surface area contributed by atoms with Gasteiger partial charge in [-0.15, -0.1) is 0 Å². The number of amides is 1. The zero-order chi connectivity index (χ0) is 17.2. The summed E-state index contributed by atoms with van der Waals surface area (Å²) >= 11 is 0. The van der Waals surface area contributed by atoms with Gasteiger partial charge in [0.15, 0.2) is 0 Å². The largest absolute Gasteiger partial charge is 0.381 e. The van der Waals surface area contributed by atoms with E-state index >= 15 is 0 Å². The normalized spacial score (nSPS) is 23.0. The molecule has 132 valence electrons. The van der Waals surface area contributed by atoms with Crippen molar-refractivity contribution < 1.29 is 22.7 Å². The maximum absolute atomic E-state index is 14.1. The number of likely N-dealkylation sites (tertiary alicyclic amines) is 1. The summed E-state index contributed by atoms with van der Waals surface area (Å²) in [6.45, 7) is 0.992. The van der Waals surface area contributed by atoms with Crippen LogP contribution in [0.25, 0.3) is 0 Å². The van der Waals surface area contributed by atoms with Gasteiger partial charge in [-0.05, 0) is 30.9 Å². The Morgan fingerprint density at radius 1 is 1.08 bits per heavy atom. The van der Waals surface area contributed by atoms with Crippen molar-refractivity contribution >= 4 is 5.91 Å². The van der Waals surface area contributed by atoms with Crippen LogP contribution in [0.4, 0.5) is 13.2 Å². The van der Waals surface area contributed by atoms with Crippen LogP contribution in [-0.2, 0) is 16.0 Å². The van der Waals surface area contributed by atoms with E-state index in [0.29, 0.717) is 31.6 Å². The number of hydrogen-bond donors (Lipinski definition) is 0. The summed E-state index contributed by atoms with van der Waals surface area (Å²) in [6.07, 6.45) is 0.672. The molecule has 0 bridgehead atoms. The zero-order valence-corrected chi connectivity index (χ0v) is 13.6. The quantitative estimate of drug-likeness (QED) is 0.843. The Bertz CT molecular complexity index is 590. The molecule has 1 aromatic carbocycles. The second-order valence-corrected chi connectivity index (χ2v) is 6.81. The number of ether oxygens (including phenoxy) is 1. The van der Waals surface area contributed by atoms with Crippen LogP contribution in [0, 0.1) is 11.2 Å². The average Bonchev–Trinajstić information content (AvgIpc) is 2.57. The van der Waals surface area contributed by atoms with Gasteiger partial charge >= 0.3 is 0 Å². The standard InChI is InChI=1S/C18H22F3NO2/c19-15-4-2-1-3-14(15)13-17(7-11-24-12-8-17)16(23)22-9-5-18(20,21)6-10-22/h1-4H,5-13H2. The third-order valence-corrected chi connectivity index (χ3v) is 5.17. The van der Waals surface area contributed by atoms with E-state index in [1.807, 2.05) is 0 Å². The Kier molecular flexibility index (Phi) is 4.85. The van der Waals surface area contributed by atoms with Crippen molar-refractivity contribution in [3.8, 4) is 0 Å².